The van der Waals surface area contributed by atoms with Crippen molar-refractivity contribution in [2.75, 3.05) is 27.3 Å². The minimum atomic E-state index is 0. The van der Waals surface area contributed by atoms with Crippen LogP contribution in [0.5, 0.6) is 11.5 Å². The van der Waals surface area contributed by atoms with Crippen molar-refractivity contribution in [1.82, 2.24) is 4.90 Å². The molecule has 1 aliphatic heterocycles. The Morgan fingerprint density at radius 2 is 1.84 bits per heavy atom. The van der Waals surface area contributed by atoms with Crippen molar-refractivity contribution < 1.29 is 9.47 Å². The van der Waals surface area contributed by atoms with E-state index in [0.717, 1.165) is 37.6 Å². The molecule has 0 fully saturated rings. The van der Waals surface area contributed by atoms with Crippen LogP contribution in [0.3, 0.4) is 0 Å². The molecule has 0 unspecified atom stereocenters. The van der Waals surface area contributed by atoms with Crippen molar-refractivity contribution >= 4 is 12.4 Å². The molecule has 1 heterocycles. The summed E-state index contributed by atoms with van der Waals surface area (Å²) in [4.78, 5) is 2.30. The molecule has 4 nitrogen and oxygen atoms in total. The zero-order chi connectivity index (χ0) is 13.0. The topological polar surface area (TPSA) is 45.5 Å². The lowest BCUT2D eigenvalue weighted by Gasteiger charge is -2.28. The second kappa shape index (κ2) is 7.22. The van der Waals surface area contributed by atoms with Crippen molar-refractivity contribution in [2.45, 2.75) is 19.4 Å². The standard InChI is InChI=1S/C14H18N2O2.ClH/c1-17-13-8-11-4-7-16(6-3-5-15)10-12(11)9-14(13)18-2;/h8-9H,3-4,6-7,10H2,1-2H3;1H. The normalized spacial score (nSPS) is 13.9. The van der Waals surface area contributed by atoms with Gasteiger partial charge in [-0.05, 0) is 29.7 Å². The predicted molar refractivity (Wildman–Crippen MR) is 76.0 cm³/mol. The summed E-state index contributed by atoms with van der Waals surface area (Å²) in [6, 6.07) is 6.31. The van der Waals surface area contributed by atoms with E-state index in [0.29, 0.717) is 6.42 Å². The third-order valence-electron chi connectivity index (χ3n) is 3.34. The Morgan fingerprint density at radius 3 is 2.42 bits per heavy atom. The summed E-state index contributed by atoms with van der Waals surface area (Å²) in [7, 11) is 3.31. The summed E-state index contributed by atoms with van der Waals surface area (Å²) >= 11 is 0. The van der Waals surface area contributed by atoms with Crippen molar-refractivity contribution in [3.63, 3.8) is 0 Å². The number of hydrogen-bond donors (Lipinski definition) is 0. The molecule has 0 atom stereocenters. The van der Waals surface area contributed by atoms with Crippen LogP contribution in [-0.2, 0) is 13.0 Å². The van der Waals surface area contributed by atoms with E-state index in [9.17, 15) is 0 Å². The quantitative estimate of drug-likeness (QED) is 0.851. The lowest BCUT2D eigenvalue weighted by Crippen LogP contribution is -2.31. The minimum Gasteiger partial charge on any atom is -0.493 e. The number of ether oxygens (including phenoxy) is 2. The SMILES string of the molecule is COc1cc2c(cc1OC)CN(CCC#N)CC2.Cl. The van der Waals surface area contributed by atoms with Gasteiger partial charge in [-0.1, -0.05) is 0 Å². The maximum Gasteiger partial charge on any atom is 0.161 e. The highest BCUT2D eigenvalue weighted by Gasteiger charge is 2.18. The molecule has 1 aromatic carbocycles. The number of hydrogen-bond acceptors (Lipinski definition) is 4. The first-order valence-corrected chi connectivity index (χ1v) is 6.11. The van der Waals surface area contributed by atoms with Crippen LogP contribution in [0.4, 0.5) is 0 Å². The van der Waals surface area contributed by atoms with Crippen molar-refractivity contribution in [2.24, 2.45) is 0 Å². The Bertz CT molecular complexity index is 471. The van der Waals surface area contributed by atoms with Crippen molar-refractivity contribution in [3.05, 3.63) is 23.3 Å². The lowest BCUT2D eigenvalue weighted by atomic mass is 9.98. The van der Waals surface area contributed by atoms with Gasteiger partial charge in [-0.25, -0.2) is 0 Å². The fourth-order valence-electron chi connectivity index (χ4n) is 2.34. The number of nitrogens with zero attached hydrogens (tertiary/aromatic N) is 2. The van der Waals surface area contributed by atoms with Crippen LogP contribution >= 0.6 is 12.4 Å². The van der Waals surface area contributed by atoms with Crippen molar-refractivity contribution in [3.8, 4) is 17.6 Å². The van der Waals surface area contributed by atoms with Crippen LogP contribution in [-0.4, -0.2) is 32.2 Å². The minimum absolute atomic E-state index is 0. The maximum atomic E-state index is 8.63. The second-order valence-corrected chi connectivity index (χ2v) is 4.41. The maximum absolute atomic E-state index is 8.63. The molecule has 0 aliphatic carbocycles. The van der Waals surface area contributed by atoms with E-state index < -0.39 is 0 Å². The number of halogens is 1. The van der Waals surface area contributed by atoms with Crippen LogP contribution in [0.25, 0.3) is 0 Å². The van der Waals surface area contributed by atoms with Crippen LogP contribution in [0.2, 0.25) is 0 Å². The van der Waals surface area contributed by atoms with Gasteiger partial charge >= 0.3 is 0 Å². The van der Waals surface area contributed by atoms with Gasteiger partial charge in [0.1, 0.15) is 0 Å². The first-order valence-electron chi connectivity index (χ1n) is 6.11. The Kier molecular flexibility index (Phi) is 5.94. The van der Waals surface area contributed by atoms with Gasteiger partial charge in [0, 0.05) is 26.1 Å². The van der Waals surface area contributed by atoms with Gasteiger partial charge in [-0.3, -0.25) is 4.90 Å². The highest BCUT2D eigenvalue weighted by molar-refractivity contribution is 5.85. The molecular formula is C14H19ClN2O2. The second-order valence-electron chi connectivity index (χ2n) is 4.41. The largest absolute Gasteiger partial charge is 0.493 e. The monoisotopic (exact) mass is 282 g/mol. The van der Waals surface area contributed by atoms with Crippen LogP contribution < -0.4 is 9.47 Å². The third-order valence-corrected chi connectivity index (χ3v) is 3.34. The smallest absolute Gasteiger partial charge is 0.161 e. The average molecular weight is 283 g/mol. The van der Waals surface area contributed by atoms with Gasteiger partial charge in [0.25, 0.3) is 0 Å². The molecule has 0 radical (unpaired) electrons. The average Bonchev–Trinajstić information content (AvgIpc) is 2.43. The zero-order valence-corrected chi connectivity index (χ0v) is 12.1. The molecule has 19 heavy (non-hydrogen) atoms. The summed E-state index contributed by atoms with van der Waals surface area (Å²) in [5.74, 6) is 1.57. The summed E-state index contributed by atoms with van der Waals surface area (Å²) in [6.45, 7) is 2.73. The van der Waals surface area contributed by atoms with Gasteiger partial charge in [-0.2, -0.15) is 5.26 Å². The molecule has 5 heteroatoms. The van der Waals surface area contributed by atoms with Gasteiger partial charge in [-0.15, -0.1) is 12.4 Å². The number of fused-ring (bicyclic) bond motifs is 1. The molecule has 104 valence electrons. The Balaban J connectivity index is 0.00000180. The van der Waals surface area contributed by atoms with Crippen LogP contribution in [0.15, 0.2) is 12.1 Å². The molecule has 0 saturated heterocycles. The molecule has 0 saturated carbocycles. The van der Waals surface area contributed by atoms with E-state index >= 15 is 0 Å². The first kappa shape index (κ1) is 15.6. The van der Waals surface area contributed by atoms with Gasteiger partial charge in [0.15, 0.2) is 11.5 Å². The van der Waals surface area contributed by atoms with Crippen LogP contribution in [0, 0.1) is 11.3 Å². The molecule has 1 aliphatic rings. The van der Waals surface area contributed by atoms with E-state index in [4.69, 9.17) is 14.7 Å². The molecule has 0 aromatic heterocycles. The predicted octanol–water partition coefficient (Wildman–Crippen LogP) is 2.40. The van der Waals surface area contributed by atoms with E-state index in [1.165, 1.54) is 11.1 Å². The highest BCUT2D eigenvalue weighted by Crippen LogP contribution is 2.33. The molecule has 0 amide bonds. The molecule has 0 bridgehead atoms. The van der Waals surface area contributed by atoms with Gasteiger partial charge < -0.3 is 9.47 Å². The van der Waals surface area contributed by atoms with Gasteiger partial charge in [0.2, 0.25) is 0 Å². The number of nitriles is 1. The van der Waals surface area contributed by atoms with E-state index in [1.54, 1.807) is 14.2 Å². The highest BCUT2D eigenvalue weighted by atomic mass is 35.5. The molecular weight excluding hydrogens is 264 g/mol. The fourth-order valence-corrected chi connectivity index (χ4v) is 2.34. The molecule has 2 rings (SSSR count). The summed E-state index contributed by atoms with van der Waals surface area (Å²) in [5.41, 5.74) is 2.60. The summed E-state index contributed by atoms with van der Waals surface area (Å²) in [6.07, 6.45) is 1.59. The lowest BCUT2D eigenvalue weighted by molar-refractivity contribution is 0.258. The van der Waals surface area contributed by atoms with Crippen LogP contribution in [0.1, 0.15) is 17.5 Å². The molecule has 0 spiro atoms. The van der Waals surface area contributed by atoms with E-state index in [1.807, 2.05) is 6.07 Å². The Morgan fingerprint density at radius 1 is 1.21 bits per heavy atom. The van der Waals surface area contributed by atoms with E-state index in [-0.39, 0.29) is 12.4 Å². The number of methoxy groups -OCH3 is 2. The first-order chi connectivity index (χ1) is 8.78. The number of rotatable bonds is 4. The summed E-state index contributed by atoms with van der Waals surface area (Å²) < 4.78 is 10.6. The molecule has 0 N–H and O–H groups in total. The van der Waals surface area contributed by atoms with E-state index in [2.05, 4.69) is 17.0 Å². The van der Waals surface area contributed by atoms with Crippen molar-refractivity contribution in [1.29, 1.82) is 5.26 Å². The summed E-state index contributed by atoms with van der Waals surface area (Å²) in [5, 5.41) is 8.63. The number of benzene rings is 1. The zero-order valence-electron chi connectivity index (χ0n) is 11.3. The molecule has 1 aromatic rings. The Labute approximate surface area is 120 Å². The fraction of sp³-hybridized carbons (Fsp3) is 0.500. The Hall–Kier alpha value is -1.44. The van der Waals surface area contributed by atoms with Gasteiger partial charge in [0.05, 0.1) is 20.3 Å². The third kappa shape index (κ3) is 3.52.